The van der Waals surface area contributed by atoms with Gasteiger partial charge in [-0.2, -0.15) is 4.90 Å². The van der Waals surface area contributed by atoms with Crippen LogP contribution in [0.4, 0.5) is 4.79 Å². The van der Waals surface area contributed by atoms with E-state index in [9.17, 15) is 24.0 Å². The second-order valence-electron chi connectivity index (χ2n) is 5.19. The molecule has 1 aliphatic rings. The highest BCUT2D eigenvalue weighted by Crippen LogP contribution is 2.04. The lowest BCUT2D eigenvalue weighted by molar-refractivity contribution is -0.134. The van der Waals surface area contributed by atoms with Crippen molar-refractivity contribution in [3.63, 3.8) is 0 Å². The van der Waals surface area contributed by atoms with Crippen molar-refractivity contribution in [1.82, 2.24) is 15.5 Å². The number of ether oxygens (including phenoxy) is 4. The molecule has 1 heterocycles. The first-order chi connectivity index (χ1) is 14.8. The number of hydrogen-bond donors (Lipinski definition) is 3. The summed E-state index contributed by atoms with van der Waals surface area (Å²) in [5, 5.41) is 4.94. The van der Waals surface area contributed by atoms with Gasteiger partial charge in [0.15, 0.2) is 0 Å². The molecule has 31 heavy (non-hydrogen) atoms. The van der Waals surface area contributed by atoms with Gasteiger partial charge in [0.05, 0.1) is 20.3 Å². The summed E-state index contributed by atoms with van der Waals surface area (Å²) >= 11 is 0. The summed E-state index contributed by atoms with van der Waals surface area (Å²) in [6.45, 7) is 2.26. The Labute approximate surface area is 180 Å². The Morgan fingerprint density at radius 3 is 1.81 bits per heavy atom. The molecule has 0 bridgehead atoms. The topological polar surface area (TPSA) is 176 Å². The van der Waals surface area contributed by atoms with E-state index in [1.54, 1.807) is 14.2 Å². The lowest BCUT2D eigenvalue weighted by Gasteiger charge is -2.08. The first-order valence-electron chi connectivity index (χ1n) is 8.83. The Morgan fingerprint density at radius 2 is 1.42 bits per heavy atom. The minimum atomic E-state index is -0.954. The van der Waals surface area contributed by atoms with Crippen molar-refractivity contribution in [2.45, 2.75) is 0 Å². The molecular formula is C18H30N4O9. The number of nitrogens with one attached hydrogen (secondary N) is 2. The van der Waals surface area contributed by atoms with Crippen molar-refractivity contribution in [3.05, 3.63) is 24.3 Å². The number of carbonyl (C=O) groups excluding carboxylic acids is 5. The first kappa shape index (κ1) is 30.1. The van der Waals surface area contributed by atoms with Crippen LogP contribution in [-0.2, 0) is 38.1 Å². The van der Waals surface area contributed by atoms with Gasteiger partial charge in [0, 0.05) is 58.7 Å². The number of nitrogens with zero attached hydrogens (tertiary/aromatic N) is 1. The number of imide groups is 3. The van der Waals surface area contributed by atoms with E-state index in [4.69, 9.17) is 10.5 Å². The van der Waals surface area contributed by atoms with Crippen LogP contribution in [0.1, 0.15) is 0 Å². The van der Waals surface area contributed by atoms with Gasteiger partial charge in [0.2, 0.25) is 11.8 Å². The number of carbonyl (C=O) groups is 5. The van der Waals surface area contributed by atoms with Crippen LogP contribution in [0, 0.1) is 0 Å². The van der Waals surface area contributed by atoms with E-state index in [-0.39, 0.29) is 18.5 Å². The Balaban J connectivity index is 0. The summed E-state index contributed by atoms with van der Waals surface area (Å²) in [6.07, 6.45) is 3.37. The lowest BCUT2D eigenvalue weighted by atomic mass is 10.4. The predicted octanol–water partition coefficient (Wildman–Crippen LogP) is -1.71. The summed E-state index contributed by atoms with van der Waals surface area (Å²) in [5.41, 5.74) is 5.01. The molecule has 0 unspecified atom stereocenters. The summed E-state index contributed by atoms with van der Waals surface area (Å²) in [4.78, 5) is 54.5. The fourth-order valence-electron chi connectivity index (χ4n) is 1.48. The molecule has 0 spiro atoms. The van der Waals surface area contributed by atoms with Crippen LogP contribution in [0.15, 0.2) is 24.3 Å². The van der Waals surface area contributed by atoms with E-state index >= 15 is 0 Å². The van der Waals surface area contributed by atoms with Crippen LogP contribution in [0.3, 0.4) is 0 Å². The van der Waals surface area contributed by atoms with Crippen LogP contribution in [0.5, 0.6) is 0 Å². The molecule has 0 saturated heterocycles. The number of amides is 5. The molecule has 0 aliphatic carbocycles. The van der Waals surface area contributed by atoms with Crippen molar-refractivity contribution >= 4 is 29.7 Å². The summed E-state index contributed by atoms with van der Waals surface area (Å²) < 4.78 is 18.1. The molecule has 4 N–H and O–H groups in total. The fraction of sp³-hybridized carbons (Fsp3) is 0.500. The molecule has 0 aromatic carbocycles. The Hall–Kier alpha value is -3.13. The smallest absolute Gasteiger partial charge is 0.423 e. The first-order valence-corrected chi connectivity index (χ1v) is 8.83. The maximum atomic E-state index is 11.0. The Bertz CT molecular complexity index is 616. The highest BCUT2D eigenvalue weighted by Gasteiger charge is 2.30. The fourth-order valence-corrected chi connectivity index (χ4v) is 1.48. The maximum Gasteiger partial charge on any atom is 0.423 e. The molecule has 0 aromatic heterocycles. The van der Waals surface area contributed by atoms with Crippen LogP contribution >= 0.6 is 0 Å². The zero-order valence-electron chi connectivity index (χ0n) is 18.0. The SMILES string of the molecule is COC(=O)N1C(=O)C=CC1=O.COCCN.COCCNC(=O)C=CC(=O)NCOC. The monoisotopic (exact) mass is 446 g/mol. The maximum absolute atomic E-state index is 11.0. The molecule has 13 nitrogen and oxygen atoms in total. The van der Waals surface area contributed by atoms with E-state index in [0.717, 1.165) is 31.4 Å². The number of methoxy groups -OCH3 is 4. The Morgan fingerprint density at radius 1 is 0.903 bits per heavy atom. The van der Waals surface area contributed by atoms with E-state index < -0.39 is 17.9 Å². The number of rotatable bonds is 9. The highest BCUT2D eigenvalue weighted by molar-refractivity contribution is 6.21. The summed E-state index contributed by atoms with van der Waals surface area (Å²) in [6, 6.07) is 0. The van der Waals surface area contributed by atoms with Crippen molar-refractivity contribution < 1.29 is 42.9 Å². The molecule has 13 heteroatoms. The molecular weight excluding hydrogens is 416 g/mol. The molecule has 176 valence electrons. The second kappa shape index (κ2) is 20.2. The second-order valence-corrected chi connectivity index (χ2v) is 5.19. The van der Waals surface area contributed by atoms with E-state index in [1.165, 1.54) is 7.11 Å². The van der Waals surface area contributed by atoms with Crippen molar-refractivity contribution in [2.24, 2.45) is 5.73 Å². The van der Waals surface area contributed by atoms with Crippen LogP contribution in [0.25, 0.3) is 0 Å². The van der Waals surface area contributed by atoms with Gasteiger partial charge in [-0.3, -0.25) is 19.2 Å². The van der Waals surface area contributed by atoms with Crippen LogP contribution in [0.2, 0.25) is 0 Å². The van der Waals surface area contributed by atoms with Gasteiger partial charge in [-0.15, -0.1) is 0 Å². The molecule has 0 radical (unpaired) electrons. The molecule has 5 amide bonds. The molecule has 0 saturated carbocycles. The standard InChI is InChI=1S/C9H16N2O4.C6H5NO4.C3H9NO/c1-14-6-5-10-8(12)3-4-9(13)11-7-15-2;1-11-6(10)7-4(8)2-3-5(7)9;1-5-3-2-4/h3-4H,5-7H2,1-2H3,(H,10,12)(H,11,13);2-3H,1H3;2-4H2,1H3. The van der Waals surface area contributed by atoms with Gasteiger partial charge >= 0.3 is 6.09 Å². The average molecular weight is 446 g/mol. The summed E-state index contributed by atoms with van der Waals surface area (Å²) in [5.74, 6) is -2.04. The lowest BCUT2D eigenvalue weighted by Crippen LogP contribution is -2.35. The molecule has 0 fully saturated rings. The van der Waals surface area contributed by atoms with Crippen molar-refractivity contribution in [1.29, 1.82) is 0 Å². The third-order valence-corrected chi connectivity index (χ3v) is 2.87. The van der Waals surface area contributed by atoms with Crippen LogP contribution in [-0.4, -0.2) is 96.1 Å². The number of hydrogen-bond acceptors (Lipinski definition) is 10. The third kappa shape index (κ3) is 16.4. The minimum absolute atomic E-state index is 0.120. The van der Waals surface area contributed by atoms with Gasteiger partial charge < -0.3 is 35.3 Å². The van der Waals surface area contributed by atoms with Crippen molar-refractivity contribution in [2.75, 3.05) is 61.5 Å². The third-order valence-electron chi connectivity index (χ3n) is 2.87. The van der Waals surface area contributed by atoms with E-state index in [0.29, 0.717) is 31.2 Å². The molecule has 1 aliphatic heterocycles. The van der Waals surface area contributed by atoms with Gasteiger partial charge in [-0.1, -0.05) is 0 Å². The minimum Gasteiger partial charge on any atom is -0.452 e. The molecule has 0 aromatic rings. The highest BCUT2D eigenvalue weighted by atomic mass is 16.5. The van der Waals surface area contributed by atoms with E-state index in [1.807, 2.05) is 0 Å². The molecule has 0 atom stereocenters. The van der Waals surface area contributed by atoms with Crippen molar-refractivity contribution in [3.8, 4) is 0 Å². The zero-order valence-corrected chi connectivity index (χ0v) is 18.0. The molecule has 1 rings (SSSR count). The van der Waals surface area contributed by atoms with Gasteiger partial charge in [0.25, 0.3) is 11.8 Å². The zero-order chi connectivity index (χ0) is 24.1. The summed E-state index contributed by atoms with van der Waals surface area (Å²) in [7, 11) is 5.73. The van der Waals surface area contributed by atoms with Gasteiger partial charge in [-0.25, -0.2) is 4.79 Å². The van der Waals surface area contributed by atoms with Crippen LogP contribution < -0.4 is 16.4 Å². The van der Waals surface area contributed by atoms with E-state index in [2.05, 4.69) is 24.8 Å². The largest absolute Gasteiger partial charge is 0.452 e. The average Bonchev–Trinajstić information content (AvgIpc) is 3.10. The predicted molar refractivity (Wildman–Crippen MR) is 108 cm³/mol. The normalized spacial score (nSPS) is 12.0. The quantitative estimate of drug-likeness (QED) is 0.160. The van der Waals surface area contributed by atoms with Gasteiger partial charge in [-0.05, 0) is 0 Å². The number of nitrogens with two attached hydrogens (primary N) is 1. The Kier molecular flexibility index (Phi) is 19.5. The van der Waals surface area contributed by atoms with Gasteiger partial charge in [0.1, 0.15) is 6.73 Å².